The van der Waals surface area contributed by atoms with E-state index in [2.05, 4.69) is 4.72 Å². The smallest absolute Gasteiger partial charge is 0.295 e. The van der Waals surface area contributed by atoms with Crippen molar-refractivity contribution in [2.45, 2.75) is 11.8 Å². The number of hydrogen-bond acceptors (Lipinski definition) is 3. The lowest BCUT2D eigenvalue weighted by Gasteiger charge is -2.11. The summed E-state index contributed by atoms with van der Waals surface area (Å²) in [5.74, 6) is -0.629. The standard InChI is InChI=1S/C16H16FN3O3S/c1-10-7-14-15(20(3)16(21)19(14)2)9-13(10)18-24(22,23)12-6-4-5-11(17)8-12/h4-9,18H,1-3H3. The molecule has 1 heterocycles. The van der Waals surface area contributed by atoms with Crippen LogP contribution in [0.3, 0.4) is 0 Å². The van der Waals surface area contributed by atoms with E-state index in [0.29, 0.717) is 22.3 Å². The van der Waals surface area contributed by atoms with Gasteiger partial charge >= 0.3 is 5.69 Å². The monoisotopic (exact) mass is 349 g/mol. The lowest BCUT2D eigenvalue weighted by molar-refractivity contribution is 0.595. The molecule has 1 N–H and O–H groups in total. The highest BCUT2D eigenvalue weighted by molar-refractivity contribution is 7.92. The number of hydrogen-bond donors (Lipinski definition) is 1. The Labute approximate surface area is 138 Å². The van der Waals surface area contributed by atoms with Crippen LogP contribution < -0.4 is 10.4 Å². The highest BCUT2D eigenvalue weighted by Gasteiger charge is 2.18. The second-order valence-corrected chi connectivity index (χ2v) is 7.30. The molecular formula is C16H16FN3O3S. The van der Waals surface area contributed by atoms with E-state index in [1.54, 1.807) is 33.2 Å². The minimum atomic E-state index is -3.93. The molecule has 0 amide bonds. The van der Waals surface area contributed by atoms with Crippen LogP contribution >= 0.6 is 0 Å². The second-order valence-electron chi connectivity index (χ2n) is 5.62. The van der Waals surface area contributed by atoms with Gasteiger partial charge in [0.05, 0.1) is 21.6 Å². The summed E-state index contributed by atoms with van der Waals surface area (Å²) in [5.41, 5.74) is 2.10. The number of anilines is 1. The van der Waals surface area contributed by atoms with Crippen LogP contribution in [0.5, 0.6) is 0 Å². The minimum absolute atomic E-state index is 0.163. The van der Waals surface area contributed by atoms with E-state index in [1.165, 1.54) is 27.3 Å². The molecule has 0 bridgehead atoms. The Morgan fingerprint density at radius 1 is 1.04 bits per heavy atom. The normalized spacial score (nSPS) is 11.8. The molecule has 0 saturated heterocycles. The summed E-state index contributed by atoms with van der Waals surface area (Å²) in [6.07, 6.45) is 0. The number of imidazole rings is 1. The third-order valence-corrected chi connectivity index (χ3v) is 5.33. The molecule has 2 aromatic carbocycles. The molecule has 0 spiro atoms. The molecule has 0 saturated carbocycles. The van der Waals surface area contributed by atoms with Gasteiger partial charge in [-0.1, -0.05) is 6.07 Å². The molecule has 3 aromatic rings. The number of rotatable bonds is 3. The highest BCUT2D eigenvalue weighted by atomic mass is 32.2. The van der Waals surface area contributed by atoms with E-state index in [-0.39, 0.29) is 10.6 Å². The molecule has 0 unspecified atom stereocenters. The van der Waals surface area contributed by atoms with Crippen molar-refractivity contribution in [1.82, 2.24) is 9.13 Å². The first-order chi connectivity index (χ1) is 11.2. The molecule has 0 aliphatic carbocycles. The van der Waals surface area contributed by atoms with Gasteiger partial charge in [-0.2, -0.15) is 0 Å². The maximum absolute atomic E-state index is 13.3. The summed E-state index contributed by atoms with van der Waals surface area (Å²) in [7, 11) is -0.658. The third kappa shape index (κ3) is 2.58. The molecular weight excluding hydrogens is 333 g/mol. The van der Waals surface area contributed by atoms with Gasteiger partial charge in [0.15, 0.2) is 0 Å². The Hall–Kier alpha value is -2.61. The molecule has 1 aromatic heterocycles. The van der Waals surface area contributed by atoms with E-state index in [0.717, 1.165) is 6.07 Å². The number of sulfonamides is 1. The second kappa shape index (κ2) is 5.48. The van der Waals surface area contributed by atoms with E-state index in [1.807, 2.05) is 0 Å². The molecule has 3 rings (SSSR count). The number of aromatic nitrogens is 2. The zero-order valence-electron chi connectivity index (χ0n) is 13.4. The van der Waals surface area contributed by atoms with Crippen molar-refractivity contribution in [1.29, 1.82) is 0 Å². The molecule has 6 nitrogen and oxygen atoms in total. The van der Waals surface area contributed by atoms with E-state index < -0.39 is 15.8 Å². The van der Waals surface area contributed by atoms with E-state index in [4.69, 9.17) is 0 Å². The fourth-order valence-corrected chi connectivity index (χ4v) is 3.75. The van der Waals surface area contributed by atoms with Crippen molar-refractivity contribution in [3.8, 4) is 0 Å². The maximum atomic E-state index is 13.3. The molecule has 8 heteroatoms. The van der Waals surface area contributed by atoms with Crippen molar-refractivity contribution >= 4 is 26.7 Å². The lowest BCUT2D eigenvalue weighted by Crippen LogP contribution is -2.19. The fourth-order valence-electron chi connectivity index (χ4n) is 2.60. The number of benzene rings is 2. The quantitative estimate of drug-likeness (QED) is 0.787. The summed E-state index contributed by atoms with van der Waals surface area (Å²) < 4.78 is 43.6. The van der Waals surface area contributed by atoms with Gasteiger partial charge < -0.3 is 0 Å². The van der Waals surface area contributed by atoms with Crippen LogP contribution in [0.15, 0.2) is 46.1 Å². The predicted octanol–water partition coefficient (Wildman–Crippen LogP) is 2.13. The molecule has 0 atom stereocenters. The largest absolute Gasteiger partial charge is 0.328 e. The van der Waals surface area contributed by atoms with Crippen molar-refractivity contribution < 1.29 is 12.8 Å². The highest BCUT2D eigenvalue weighted by Crippen LogP contribution is 2.25. The zero-order valence-corrected chi connectivity index (χ0v) is 14.2. The number of fused-ring (bicyclic) bond motifs is 1. The van der Waals surface area contributed by atoms with Crippen molar-refractivity contribution in [3.05, 3.63) is 58.3 Å². The van der Waals surface area contributed by atoms with Gasteiger partial charge in [-0.05, 0) is 42.8 Å². The van der Waals surface area contributed by atoms with Crippen LogP contribution in [0.25, 0.3) is 11.0 Å². The molecule has 24 heavy (non-hydrogen) atoms. The lowest BCUT2D eigenvalue weighted by atomic mass is 10.2. The van der Waals surface area contributed by atoms with Gasteiger partial charge in [-0.3, -0.25) is 13.9 Å². The summed E-state index contributed by atoms with van der Waals surface area (Å²) in [6.45, 7) is 1.74. The molecule has 0 fully saturated rings. The van der Waals surface area contributed by atoms with Gasteiger partial charge in [0.1, 0.15) is 5.82 Å². The number of nitrogens with one attached hydrogen (secondary N) is 1. The Bertz CT molecular complexity index is 1110. The summed E-state index contributed by atoms with van der Waals surface area (Å²) in [5, 5.41) is 0. The van der Waals surface area contributed by atoms with Crippen LogP contribution in [0.2, 0.25) is 0 Å². The number of aryl methyl sites for hydroxylation is 3. The van der Waals surface area contributed by atoms with Crippen LogP contribution in [0.1, 0.15) is 5.56 Å². The Morgan fingerprint density at radius 2 is 1.67 bits per heavy atom. The third-order valence-electron chi connectivity index (χ3n) is 3.97. The van der Waals surface area contributed by atoms with Crippen LogP contribution in [0.4, 0.5) is 10.1 Å². The fraction of sp³-hybridized carbons (Fsp3) is 0.188. The molecule has 0 aliphatic rings. The molecule has 126 valence electrons. The Morgan fingerprint density at radius 3 is 2.29 bits per heavy atom. The van der Waals surface area contributed by atoms with Crippen LogP contribution in [0, 0.1) is 12.7 Å². The average molecular weight is 349 g/mol. The van der Waals surface area contributed by atoms with Gasteiger partial charge in [0, 0.05) is 14.1 Å². The molecule has 0 aliphatic heterocycles. The minimum Gasteiger partial charge on any atom is -0.295 e. The Balaban J connectivity index is 2.12. The van der Waals surface area contributed by atoms with Crippen molar-refractivity contribution in [2.75, 3.05) is 4.72 Å². The summed E-state index contributed by atoms with van der Waals surface area (Å²) in [6, 6.07) is 8.12. The van der Waals surface area contributed by atoms with Gasteiger partial charge in [-0.25, -0.2) is 17.6 Å². The molecule has 0 radical (unpaired) electrons. The zero-order chi connectivity index (χ0) is 17.6. The topological polar surface area (TPSA) is 73.1 Å². The van der Waals surface area contributed by atoms with Crippen LogP contribution in [-0.2, 0) is 24.1 Å². The Kier molecular flexibility index (Phi) is 3.71. The van der Waals surface area contributed by atoms with Gasteiger partial charge in [0.25, 0.3) is 10.0 Å². The first kappa shape index (κ1) is 16.3. The van der Waals surface area contributed by atoms with Crippen molar-refractivity contribution in [2.24, 2.45) is 14.1 Å². The summed E-state index contributed by atoms with van der Waals surface area (Å²) in [4.78, 5) is 11.8. The predicted molar refractivity (Wildman–Crippen MR) is 90.1 cm³/mol. The number of halogens is 1. The van der Waals surface area contributed by atoms with Gasteiger partial charge in [0.2, 0.25) is 0 Å². The van der Waals surface area contributed by atoms with Gasteiger partial charge in [-0.15, -0.1) is 0 Å². The SMILES string of the molecule is Cc1cc2c(cc1NS(=O)(=O)c1cccc(F)c1)n(C)c(=O)n2C. The average Bonchev–Trinajstić information content (AvgIpc) is 2.72. The summed E-state index contributed by atoms with van der Waals surface area (Å²) >= 11 is 0. The first-order valence-corrected chi connectivity index (χ1v) is 8.63. The van der Waals surface area contributed by atoms with Crippen molar-refractivity contribution in [3.63, 3.8) is 0 Å². The van der Waals surface area contributed by atoms with Crippen LogP contribution in [-0.4, -0.2) is 17.6 Å². The maximum Gasteiger partial charge on any atom is 0.328 e. The first-order valence-electron chi connectivity index (χ1n) is 7.15. The number of nitrogens with zero attached hydrogens (tertiary/aromatic N) is 2. The van der Waals surface area contributed by atoms with E-state index in [9.17, 15) is 17.6 Å². The van der Waals surface area contributed by atoms with E-state index >= 15 is 0 Å².